The highest BCUT2D eigenvalue weighted by Gasteiger charge is 2.27. The first-order chi connectivity index (χ1) is 19.1. The van der Waals surface area contributed by atoms with E-state index in [9.17, 15) is 9.59 Å². The number of rotatable bonds is 8. The van der Waals surface area contributed by atoms with Crippen molar-refractivity contribution in [1.82, 2.24) is 15.2 Å². The molecule has 2 heterocycles. The number of hydrogen-bond acceptors (Lipinski definition) is 4. The zero-order valence-electron chi connectivity index (χ0n) is 22.1. The second-order valence-corrected chi connectivity index (χ2v) is 11.4. The Morgan fingerprint density at radius 3 is 2.56 bits per heavy atom. The Kier molecular flexibility index (Phi) is 7.58. The van der Waals surface area contributed by atoms with E-state index in [2.05, 4.69) is 20.5 Å². The van der Waals surface area contributed by atoms with Crippen LogP contribution in [0.15, 0.2) is 60.8 Å². The normalized spacial score (nSPS) is 17.2. The van der Waals surface area contributed by atoms with Crippen LogP contribution in [0.3, 0.4) is 0 Å². The molecule has 1 aliphatic carbocycles. The molecule has 0 bridgehead atoms. The number of nitrogens with one attached hydrogen (secondary N) is 3. The van der Waals surface area contributed by atoms with Gasteiger partial charge in [0.1, 0.15) is 0 Å². The van der Waals surface area contributed by atoms with Crippen molar-refractivity contribution in [1.29, 1.82) is 0 Å². The fourth-order valence-corrected chi connectivity index (χ4v) is 6.55. The van der Waals surface area contributed by atoms with Crippen LogP contribution in [0.25, 0.3) is 21.7 Å². The summed E-state index contributed by atoms with van der Waals surface area (Å²) in [5.74, 6) is 0.374. The Labute approximate surface area is 234 Å². The molecule has 4 aromatic rings. The highest BCUT2D eigenvalue weighted by atomic mass is 35.5. The van der Waals surface area contributed by atoms with E-state index in [0.29, 0.717) is 34.3 Å². The number of benzene rings is 3. The molecule has 1 aromatic heterocycles. The van der Waals surface area contributed by atoms with Gasteiger partial charge in [-0.15, -0.1) is 0 Å². The SMILES string of the molecule is O=C(CNc1ccc2ccccc2c1C(=O)c1ccc2c(Cl)c[nH]c2c1)NCC1CCN(C2CCCC2)CC1. The maximum Gasteiger partial charge on any atom is 0.239 e. The molecule has 1 saturated heterocycles. The Balaban J connectivity index is 1.12. The molecule has 1 amide bonds. The summed E-state index contributed by atoms with van der Waals surface area (Å²) in [6.45, 7) is 3.12. The Morgan fingerprint density at radius 2 is 1.74 bits per heavy atom. The van der Waals surface area contributed by atoms with E-state index in [1.807, 2.05) is 48.5 Å². The molecule has 6 nitrogen and oxygen atoms in total. The van der Waals surface area contributed by atoms with E-state index in [0.717, 1.165) is 53.6 Å². The molecule has 202 valence electrons. The molecule has 1 aliphatic heterocycles. The zero-order valence-corrected chi connectivity index (χ0v) is 22.9. The first-order valence-electron chi connectivity index (χ1n) is 14.1. The summed E-state index contributed by atoms with van der Waals surface area (Å²) in [5, 5.41) is 9.72. The fraction of sp³-hybridized carbons (Fsp3) is 0.375. The second kappa shape index (κ2) is 11.4. The van der Waals surface area contributed by atoms with Gasteiger partial charge in [0.2, 0.25) is 5.91 Å². The number of anilines is 1. The van der Waals surface area contributed by atoms with Crippen LogP contribution in [0, 0.1) is 5.92 Å². The Hall–Kier alpha value is -3.35. The standard InChI is InChI=1S/C32H35ClN4O2/c33-27-19-34-29-17-23(9-11-26(27)29)32(39)31-25-8-4-1-5-22(25)10-12-28(31)35-20-30(38)36-18-21-13-15-37(16-14-21)24-6-2-3-7-24/h1,4-5,8-12,17,19,21,24,34-35H,2-3,6-7,13-16,18,20H2,(H,36,38). The first kappa shape index (κ1) is 25.9. The lowest BCUT2D eigenvalue weighted by Crippen LogP contribution is -2.43. The van der Waals surface area contributed by atoms with Crippen molar-refractivity contribution in [3.05, 3.63) is 76.9 Å². The van der Waals surface area contributed by atoms with Crippen molar-refractivity contribution in [3.8, 4) is 0 Å². The number of ketones is 1. The second-order valence-electron chi connectivity index (χ2n) is 11.0. The Morgan fingerprint density at radius 1 is 0.949 bits per heavy atom. The summed E-state index contributed by atoms with van der Waals surface area (Å²) in [4.78, 5) is 32.4. The van der Waals surface area contributed by atoms with Crippen molar-refractivity contribution in [2.45, 2.75) is 44.6 Å². The highest BCUT2D eigenvalue weighted by molar-refractivity contribution is 6.35. The monoisotopic (exact) mass is 542 g/mol. The van der Waals surface area contributed by atoms with Gasteiger partial charge in [0.05, 0.1) is 17.1 Å². The van der Waals surface area contributed by atoms with E-state index in [-0.39, 0.29) is 18.2 Å². The molecule has 0 unspecified atom stereocenters. The molecule has 7 heteroatoms. The lowest BCUT2D eigenvalue weighted by atomic mass is 9.95. The van der Waals surface area contributed by atoms with Crippen LogP contribution in [0.2, 0.25) is 5.02 Å². The molecule has 2 aliphatic rings. The molecular weight excluding hydrogens is 508 g/mol. The zero-order chi connectivity index (χ0) is 26.8. The number of carbonyl (C=O) groups is 2. The van der Waals surface area contributed by atoms with E-state index in [4.69, 9.17) is 11.6 Å². The van der Waals surface area contributed by atoms with E-state index >= 15 is 0 Å². The number of amides is 1. The molecule has 6 rings (SSSR count). The van der Waals surface area contributed by atoms with Crippen molar-refractivity contribution in [2.75, 3.05) is 31.5 Å². The van der Waals surface area contributed by atoms with Crippen molar-refractivity contribution in [3.63, 3.8) is 0 Å². The third-order valence-corrected chi connectivity index (χ3v) is 8.88. The number of aromatic nitrogens is 1. The van der Waals surface area contributed by atoms with Gasteiger partial charge in [-0.25, -0.2) is 0 Å². The van der Waals surface area contributed by atoms with Crippen LogP contribution >= 0.6 is 11.6 Å². The maximum atomic E-state index is 13.8. The summed E-state index contributed by atoms with van der Waals surface area (Å²) in [5.41, 5.74) is 2.60. The summed E-state index contributed by atoms with van der Waals surface area (Å²) >= 11 is 6.24. The fourth-order valence-electron chi connectivity index (χ4n) is 6.33. The van der Waals surface area contributed by atoms with Gasteiger partial charge in [-0.05, 0) is 67.6 Å². The quantitative estimate of drug-likeness (QED) is 0.225. The van der Waals surface area contributed by atoms with Crippen molar-refractivity contribution < 1.29 is 9.59 Å². The molecular formula is C32H35ClN4O2. The predicted octanol–water partition coefficient (Wildman–Crippen LogP) is 6.39. The van der Waals surface area contributed by atoms with E-state index < -0.39 is 0 Å². The molecule has 0 atom stereocenters. The molecule has 3 N–H and O–H groups in total. The number of carbonyl (C=O) groups excluding carboxylic acids is 2. The van der Waals surface area contributed by atoms with Crippen LogP contribution in [-0.4, -0.2) is 53.8 Å². The third-order valence-electron chi connectivity index (χ3n) is 8.57. The van der Waals surface area contributed by atoms with Crippen LogP contribution in [0.4, 0.5) is 5.69 Å². The van der Waals surface area contributed by atoms with Gasteiger partial charge in [-0.1, -0.05) is 66.9 Å². The van der Waals surface area contributed by atoms with Gasteiger partial charge in [-0.2, -0.15) is 0 Å². The number of hydrogen-bond donors (Lipinski definition) is 3. The average Bonchev–Trinajstić information content (AvgIpc) is 3.65. The van der Waals surface area contributed by atoms with E-state index in [1.54, 1.807) is 12.3 Å². The minimum atomic E-state index is -0.101. The van der Waals surface area contributed by atoms with Gasteiger partial charge >= 0.3 is 0 Å². The average molecular weight is 543 g/mol. The van der Waals surface area contributed by atoms with Crippen molar-refractivity contribution >= 4 is 50.7 Å². The highest BCUT2D eigenvalue weighted by Crippen LogP contribution is 2.31. The van der Waals surface area contributed by atoms with Crippen LogP contribution in [0.1, 0.15) is 54.4 Å². The summed E-state index contributed by atoms with van der Waals surface area (Å²) in [6.07, 6.45) is 9.45. The third kappa shape index (κ3) is 5.54. The summed E-state index contributed by atoms with van der Waals surface area (Å²) in [7, 11) is 0. The van der Waals surface area contributed by atoms with Gasteiger partial charge in [-0.3, -0.25) is 9.59 Å². The smallest absolute Gasteiger partial charge is 0.239 e. The molecule has 1 saturated carbocycles. The minimum Gasteiger partial charge on any atom is -0.376 e. The Bertz CT molecular complexity index is 1500. The molecule has 39 heavy (non-hydrogen) atoms. The number of aromatic amines is 1. The number of fused-ring (bicyclic) bond motifs is 2. The first-order valence-corrected chi connectivity index (χ1v) is 14.5. The summed E-state index contributed by atoms with van der Waals surface area (Å²) < 4.78 is 0. The van der Waals surface area contributed by atoms with Crippen LogP contribution < -0.4 is 10.6 Å². The largest absolute Gasteiger partial charge is 0.376 e. The molecule has 0 radical (unpaired) electrons. The summed E-state index contributed by atoms with van der Waals surface area (Å²) in [6, 6.07) is 18.0. The maximum absolute atomic E-state index is 13.8. The number of halogens is 1. The van der Waals surface area contributed by atoms with E-state index in [1.165, 1.54) is 25.7 Å². The molecule has 3 aromatic carbocycles. The van der Waals surface area contributed by atoms with Gasteiger partial charge in [0.25, 0.3) is 0 Å². The molecule has 2 fully saturated rings. The van der Waals surface area contributed by atoms with Gasteiger partial charge in [0, 0.05) is 40.9 Å². The van der Waals surface area contributed by atoms with Gasteiger partial charge < -0.3 is 20.5 Å². The van der Waals surface area contributed by atoms with Crippen LogP contribution in [0.5, 0.6) is 0 Å². The lowest BCUT2D eigenvalue weighted by Gasteiger charge is -2.36. The van der Waals surface area contributed by atoms with Crippen LogP contribution in [-0.2, 0) is 4.79 Å². The predicted molar refractivity (Wildman–Crippen MR) is 159 cm³/mol. The minimum absolute atomic E-state index is 0.0535. The number of H-pyrrole nitrogens is 1. The van der Waals surface area contributed by atoms with Crippen molar-refractivity contribution in [2.24, 2.45) is 5.92 Å². The number of likely N-dealkylation sites (tertiary alicyclic amines) is 1. The topological polar surface area (TPSA) is 77.2 Å². The number of piperidine rings is 1. The lowest BCUT2D eigenvalue weighted by molar-refractivity contribution is -0.119. The van der Waals surface area contributed by atoms with Gasteiger partial charge in [0.15, 0.2) is 5.78 Å². The number of nitrogens with zero attached hydrogens (tertiary/aromatic N) is 1. The molecule has 0 spiro atoms.